The Hall–Kier alpha value is -2.73. The molecule has 3 rings (SSSR count). The molecule has 1 aliphatic heterocycles. The lowest BCUT2D eigenvalue weighted by Crippen LogP contribution is -2.46. The van der Waals surface area contributed by atoms with Gasteiger partial charge in [0, 0.05) is 23.3 Å². The largest absolute Gasteiger partial charge is 0.486 e. The Morgan fingerprint density at radius 2 is 1.72 bits per heavy atom. The number of ether oxygens (including phenoxy) is 2. The Bertz CT molecular complexity index is 896. The highest BCUT2D eigenvalue weighted by atomic mass is 35.5. The Balaban J connectivity index is 1.67. The second kappa shape index (κ2) is 8.74. The molecule has 154 valence electrons. The number of hydrogen-bond donors (Lipinski definition) is 1. The van der Waals surface area contributed by atoms with Crippen LogP contribution in [0, 0.1) is 0 Å². The molecule has 29 heavy (non-hydrogen) atoms. The van der Waals surface area contributed by atoms with Gasteiger partial charge in [-0.2, -0.15) is 0 Å². The van der Waals surface area contributed by atoms with Crippen molar-refractivity contribution >= 4 is 29.1 Å². The molecule has 7 heteroatoms. The highest BCUT2D eigenvalue weighted by Crippen LogP contribution is 2.32. The molecule has 0 aromatic heterocycles. The van der Waals surface area contributed by atoms with E-state index in [1.54, 1.807) is 35.2 Å². The third-order valence-corrected chi connectivity index (χ3v) is 5.18. The Kier molecular flexibility index (Phi) is 6.33. The lowest BCUT2D eigenvalue weighted by Gasteiger charge is -2.31. The highest BCUT2D eigenvalue weighted by Gasteiger charge is 2.34. The summed E-state index contributed by atoms with van der Waals surface area (Å²) in [5.41, 5.74) is 0.662. The van der Waals surface area contributed by atoms with Crippen LogP contribution in [0.15, 0.2) is 42.5 Å². The van der Waals surface area contributed by atoms with Crippen LogP contribution in [-0.4, -0.2) is 43.0 Å². The van der Waals surface area contributed by atoms with Crippen LogP contribution in [0.2, 0.25) is 5.02 Å². The number of amides is 2. The molecule has 1 N–H and O–H groups in total. The first kappa shape index (κ1) is 21.0. The molecule has 1 heterocycles. The van der Waals surface area contributed by atoms with Crippen LogP contribution < -0.4 is 14.8 Å². The zero-order valence-electron chi connectivity index (χ0n) is 16.8. The number of carbonyl (C=O) groups is 2. The minimum atomic E-state index is -0.780. The molecule has 0 saturated heterocycles. The molecular weight excluding hydrogens is 392 g/mol. The summed E-state index contributed by atoms with van der Waals surface area (Å²) in [6.45, 7) is 6.91. The van der Waals surface area contributed by atoms with E-state index in [-0.39, 0.29) is 18.4 Å². The standard InChI is InChI=1S/C22H25ClN2O4/c1-4-25(21(27)22(2,3)15-5-7-16(23)8-6-15)14-20(26)24-17-9-10-18-19(13-17)29-12-11-28-18/h5-10,13H,4,11-12,14H2,1-3H3,(H,24,26). The molecule has 0 spiro atoms. The van der Waals surface area contributed by atoms with Crippen LogP contribution in [0.5, 0.6) is 11.5 Å². The van der Waals surface area contributed by atoms with Gasteiger partial charge in [-0.1, -0.05) is 23.7 Å². The summed E-state index contributed by atoms with van der Waals surface area (Å²) < 4.78 is 11.0. The average Bonchev–Trinajstić information content (AvgIpc) is 2.71. The fourth-order valence-electron chi connectivity index (χ4n) is 3.21. The summed E-state index contributed by atoms with van der Waals surface area (Å²) >= 11 is 5.96. The molecule has 0 atom stereocenters. The maximum atomic E-state index is 13.1. The zero-order chi connectivity index (χ0) is 21.0. The quantitative estimate of drug-likeness (QED) is 0.776. The monoisotopic (exact) mass is 416 g/mol. The number of nitrogens with one attached hydrogen (secondary N) is 1. The highest BCUT2D eigenvalue weighted by molar-refractivity contribution is 6.30. The van der Waals surface area contributed by atoms with Gasteiger partial charge in [0.05, 0.1) is 12.0 Å². The second-order valence-corrected chi connectivity index (χ2v) is 7.79. The van der Waals surface area contributed by atoms with E-state index in [1.807, 2.05) is 32.9 Å². The smallest absolute Gasteiger partial charge is 0.243 e. The Morgan fingerprint density at radius 3 is 2.38 bits per heavy atom. The van der Waals surface area contributed by atoms with Gasteiger partial charge in [-0.05, 0) is 50.6 Å². The van der Waals surface area contributed by atoms with Crippen molar-refractivity contribution in [2.45, 2.75) is 26.2 Å². The average molecular weight is 417 g/mol. The van der Waals surface area contributed by atoms with Crippen LogP contribution in [0.4, 0.5) is 5.69 Å². The number of fused-ring (bicyclic) bond motifs is 1. The lowest BCUT2D eigenvalue weighted by molar-refractivity contribution is -0.138. The van der Waals surface area contributed by atoms with Crippen LogP contribution >= 0.6 is 11.6 Å². The van der Waals surface area contributed by atoms with Crippen molar-refractivity contribution in [3.8, 4) is 11.5 Å². The van der Waals surface area contributed by atoms with Gasteiger partial charge in [0.2, 0.25) is 11.8 Å². The number of hydrogen-bond acceptors (Lipinski definition) is 4. The van der Waals surface area contributed by atoms with Crippen molar-refractivity contribution < 1.29 is 19.1 Å². The molecule has 0 saturated carbocycles. The molecule has 0 fully saturated rings. The summed E-state index contributed by atoms with van der Waals surface area (Å²) in [5, 5.41) is 3.44. The third kappa shape index (κ3) is 4.82. The van der Waals surface area contributed by atoms with E-state index in [4.69, 9.17) is 21.1 Å². The first-order valence-electron chi connectivity index (χ1n) is 9.56. The number of likely N-dealkylation sites (N-methyl/N-ethyl adjacent to an activating group) is 1. The normalized spacial score (nSPS) is 13.0. The maximum absolute atomic E-state index is 13.1. The van der Waals surface area contributed by atoms with Gasteiger partial charge in [0.15, 0.2) is 11.5 Å². The van der Waals surface area contributed by atoms with E-state index in [0.717, 1.165) is 5.56 Å². The van der Waals surface area contributed by atoms with Crippen molar-refractivity contribution in [1.29, 1.82) is 0 Å². The molecule has 2 aromatic rings. The van der Waals surface area contributed by atoms with E-state index < -0.39 is 5.41 Å². The molecular formula is C22H25ClN2O4. The van der Waals surface area contributed by atoms with Gasteiger partial charge in [-0.15, -0.1) is 0 Å². The molecule has 0 radical (unpaired) electrons. The Morgan fingerprint density at radius 1 is 1.07 bits per heavy atom. The molecule has 1 aliphatic rings. The van der Waals surface area contributed by atoms with Gasteiger partial charge in [-0.25, -0.2) is 0 Å². The summed E-state index contributed by atoms with van der Waals surface area (Å²) in [4.78, 5) is 27.2. The van der Waals surface area contributed by atoms with Crippen LogP contribution in [0.1, 0.15) is 26.3 Å². The summed E-state index contributed by atoms with van der Waals surface area (Å²) in [6.07, 6.45) is 0. The summed E-state index contributed by atoms with van der Waals surface area (Å²) in [6, 6.07) is 12.4. The van der Waals surface area contributed by atoms with Crippen molar-refractivity contribution in [1.82, 2.24) is 4.90 Å². The van der Waals surface area contributed by atoms with Gasteiger partial charge in [-0.3, -0.25) is 9.59 Å². The van der Waals surface area contributed by atoms with E-state index in [1.165, 1.54) is 0 Å². The molecule has 0 aliphatic carbocycles. The number of anilines is 1. The fraction of sp³-hybridized carbons (Fsp3) is 0.364. The number of nitrogens with zero attached hydrogens (tertiary/aromatic N) is 1. The van der Waals surface area contributed by atoms with Crippen LogP contribution in [-0.2, 0) is 15.0 Å². The van der Waals surface area contributed by atoms with Crippen LogP contribution in [0.25, 0.3) is 0 Å². The first-order valence-corrected chi connectivity index (χ1v) is 9.94. The number of benzene rings is 2. The molecule has 2 amide bonds. The number of halogens is 1. The fourth-order valence-corrected chi connectivity index (χ4v) is 3.33. The molecule has 0 bridgehead atoms. The lowest BCUT2D eigenvalue weighted by atomic mass is 9.83. The van der Waals surface area contributed by atoms with Gasteiger partial charge in [0.25, 0.3) is 0 Å². The van der Waals surface area contributed by atoms with E-state index >= 15 is 0 Å². The molecule has 0 unspecified atom stereocenters. The zero-order valence-corrected chi connectivity index (χ0v) is 17.6. The summed E-state index contributed by atoms with van der Waals surface area (Å²) in [5.74, 6) is 0.856. The first-order chi connectivity index (χ1) is 13.8. The van der Waals surface area contributed by atoms with Gasteiger partial charge >= 0.3 is 0 Å². The minimum Gasteiger partial charge on any atom is -0.486 e. The SMILES string of the molecule is CCN(CC(=O)Nc1ccc2c(c1)OCCO2)C(=O)C(C)(C)c1ccc(Cl)cc1. The molecule has 6 nitrogen and oxygen atoms in total. The Labute approximate surface area is 175 Å². The summed E-state index contributed by atoms with van der Waals surface area (Å²) in [7, 11) is 0. The second-order valence-electron chi connectivity index (χ2n) is 7.36. The van der Waals surface area contributed by atoms with Crippen LogP contribution in [0.3, 0.4) is 0 Å². The predicted molar refractivity (Wildman–Crippen MR) is 113 cm³/mol. The van der Waals surface area contributed by atoms with Gasteiger partial charge in [0.1, 0.15) is 13.2 Å². The third-order valence-electron chi connectivity index (χ3n) is 4.93. The van der Waals surface area contributed by atoms with Crippen molar-refractivity contribution in [2.24, 2.45) is 0 Å². The number of carbonyl (C=O) groups excluding carboxylic acids is 2. The van der Waals surface area contributed by atoms with E-state index in [9.17, 15) is 9.59 Å². The predicted octanol–water partition coefficient (Wildman–Crippen LogP) is 3.88. The topological polar surface area (TPSA) is 67.9 Å². The van der Waals surface area contributed by atoms with Crippen molar-refractivity contribution in [3.63, 3.8) is 0 Å². The minimum absolute atomic E-state index is 0.0409. The number of rotatable bonds is 6. The maximum Gasteiger partial charge on any atom is 0.243 e. The van der Waals surface area contributed by atoms with E-state index in [2.05, 4.69) is 5.32 Å². The van der Waals surface area contributed by atoms with Gasteiger partial charge < -0.3 is 19.7 Å². The van der Waals surface area contributed by atoms with E-state index in [0.29, 0.717) is 42.0 Å². The van der Waals surface area contributed by atoms with Crippen molar-refractivity contribution in [3.05, 3.63) is 53.1 Å². The van der Waals surface area contributed by atoms with Crippen molar-refractivity contribution in [2.75, 3.05) is 31.6 Å². The molecule has 2 aromatic carbocycles.